The molecule has 25 heavy (non-hydrogen) atoms. The maximum atomic E-state index is 12.8. The largest absolute Gasteiger partial charge is 0.497 e. The highest BCUT2D eigenvalue weighted by atomic mass is 79.9. The number of hydrogen-bond donors (Lipinski definition) is 2. The fraction of sp³-hybridized carbons (Fsp3) is 0.412. The molecule has 1 fully saturated rings. The van der Waals surface area contributed by atoms with Crippen LogP contribution in [0.3, 0.4) is 0 Å². The molecule has 0 radical (unpaired) electrons. The van der Waals surface area contributed by atoms with Gasteiger partial charge in [0.05, 0.1) is 28.1 Å². The third kappa shape index (κ3) is 3.06. The van der Waals surface area contributed by atoms with Gasteiger partial charge in [-0.15, -0.1) is 0 Å². The number of rotatable bonds is 5. The molecule has 1 amide bonds. The van der Waals surface area contributed by atoms with Crippen LogP contribution in [0.1, 0.15) is 30.8 Å². The van der Waals surface area contributed by atoms with E-state index in [2.05, 4.69) is 42.2 Å². The molecule has 0 spiro atoms. The first-order valence-electron chi connectivity index (χ1n) is 7.79. The van der Waals surface area contributed by atoms with Crippen molar-refractivity contribution in [2.24, 2.45) is 5.41 Å². The Kier molecular flexibility index (Phi) is 4.61. The van der Waals surface area contributed by atoms with Crippen molar-refractivity contribution in [1.82, 2.24) is 4.98 Å². The molecule has 8 heteroatoms. The van der Waals surface area contributed by atoms with Crippen LogP contribution in [0.15, 0.2) is 18.2 Å². The summed E-state index contributed by atoms with van der Waals surface area (Å²) >= 11 is 6.99. The molecule has 1 aromatic heterocycles. The van der Waals surface area contributed by atoms with Gasteiger partial charge in [-0.25, -0.2) is 4.79 Å². The number of carbonyl (C=O) groups is 2. The van der Waals surface area contributed by atoms with Crippen molar-refractivity contribution < 1.29 is 19.1 Å². The van der Waals surface area contributed by atoms with Gasteiger partial charge in [-0.1, -0.05) is 31.9 Å². The zero-order valence-corrected chi connectivity index (χ0v) is 17.2. The molecule has 2 aromatic rings. The number of carbonyl (C=O) groups excluding carboxylic acids is 2. The summed E-state index contributed by atoms with van der Waals surface area (Å²) in [5, 5.41) is 3.59. The Bertz CT molecular complexity index is 862. The van der Waals surface area contributed by atoms with E-state index in [9.17, 15) is 9.59 Å². The van der Waals surface area contributed by atoms with Gasteiger partial charge in [-0.2, -0.15) is 0 Å². The van der Waals surface area contributed by atoms with Crippen molar-refractivity contribution in [3.05, 3.63) is 23.9 Å². The zero-order valence-electron chi connectivity index (χ0n) is 14.0. The van der Waals surface area contributed by atoms with Crippen molar-refractivity contribution >= 4 is 60.3 Å². The summed E-state index contributed by atoms with van der Waals surface area (Å²) in [7, 11) is 1.56. The number of alkyl halides is 2. The van der Waals surface area contributed by atoms with Crippen LogP contribution in [0.25, 0.3) is 10.9 Å². The molecule has 1 atom stereocenters. The molecule has 0 saturated heterocycles. The Morgan fingerprint density at radius 1 is 1.36 bits per heavy atom. The van der Waals surface area contributed by atoms with Crippen molar-refractivity contribution in [3.63, 3.8) is 0 Å². The minimum Gasteiger partial charge on any atom is -0.497 e. The van der Waals surface area contributed by atoms with E-state index >= 15 is 0 Å². The second kappa shape index (κ2) is 6.32. The topological polar surface area (TPSA) is 80.4 Å². The lowest BCUT2D eigenvalue weighted by Gasteiger charge is -2.14. The second-order valence-corrected chi connectivity index (χ2v) is 9.95. The Hall–Kier alpha value is -1.54. The molecule has 0 unspecified atom stereocenters. The third-order valence-electron chi connectivity index (χ3n) is 4.48. The molecule has 3 rings (SSSR count). The van der Waals surface area contributed by atoms with Crippen LogP contribution < -0.4 is 10.1 Å². The summed E-state index contributed by atoms with van der Waals surface area (Å²) in [5.74, 6) is -0.0706. The van der Waals surface area contributed by atoms with Crippen LogP contribution in [-0.2, 0) is 9.53 Å². The number of ether oxygens (including phenoxy) is 2. The number of halogens is 2. The van der Waals surface area contributed by atoms with E-state index in [0.717, 1.165) is 0 Å². The average Bonchev–Trinajstić information content (AvgIpc) is 2.92. The number of amides is 1. The summed E-state index contributed by atoms with van der Waals surface area (Å²) in [6, 6.07) is 5.35. The number of H-pyrrole nitrogens is 1. The molecule has 0 bridgehead atoms. The van der Waals surface area contributed by atoms with Gasteiger partial charge in [0, 0.05) is 10.9 Å². The molecule has 6 nitrogen and oxygen atoms in total. The quantitative estimate of drug-likeness (QED) is 0.504. The first kappa shape index (κ1) is 18.3. The molecular weight excluding hydrogens is 456 g/mol. The second-order valence-electron chi connectivity index (χ2n) is 6.17. The Balaban J connectivity index is 2.05. The summed E-state index contributed by atoms with van der Waals surface area (Å²) in [5.41, 5.74) is 0.726. The Morgan fingerprint density at radius 2 is 2.04 bits per heavy atom. The lowest BCUT2D eigenvalue weighted by Crippen LogP contribution is -2.26. The predicted molar refractivity (Wildman–Crippen MR) is 103 cm³/mol. The van der Waals surface area contributed by atoms with Crippen molar-refractivity contribution in [2.75, 3.05) is 19.0 Å². The fourth-order valence-corrected chi connectivity index (χ4v) is 4.16. The van der Waals surface area contributed by atoms with Crippen LogP contribution in [0.5, 0.6) is 5.75 Å². The number of esters is 1. The normalized spacial score (nSPS) is 21.0. The van der Waals surface area contributed by atoms with Gasteiger partial charge >= 0.3 is 5.97 Å². The number of aromatic amines is 1. The molecular formula is C17H18Br2N2O4. The van der Waals surface area contributed by atoms with Crippen LogP contribution >= 0.6 is 31.9 Å². The van der Waals surface area contributed by atoms with E-state index in [1.54, 1.807) is 32.2 Å². The SMILES string of the molecule is CCOC(=O)c1[nH]c2ccc(OC)cc2c1NC(=O)[C@@]1(C)CC1(Br)Br. The highest BCUT2D eigenvalue weighted by Crippen LogP contribution is 2.66. The molecule has 2 N–H and O–H groups in total. The Labute approximate surface area is 161 Å². The van der Waals surface area contributed by atoms with Crippen LogP contribution in [-0.4, -0.2) is 33.8 Å². The predicted octanol–water partition coefficient (Wildman–Crippen LogP) is 4.19. The lowest BCUT2D eigenvalue weighted by atomic mass is 10.1. The van der Waals surface area contributed by atoms with Gasteiger partial charge in [-0.05, 0) is 38.5 Å². The number of nitrogens with one attached hydrogen (secondary N) is 2. The number of fused-ring (bicyclic) bond motifs is 1. The van der Waals surface area contributed by atoms with E-state index in [-0.39, 0.29) is 18.2 Å². The molecule has 1 saturated carbocycles. The van der Waals surface area contributed by atoms with Crippen molar-refractivity contribution in [1.29, 1.82) is 0 Å². The van der Waals surface area contributed by atoms with Crippen LogP contribution in [0.2, 0.25) is 0 Å². The first-order chi connectivity index (χ1) is 11.7. The summed E-state index contributed by atoms with van der Waals surface area (Å²) < 4.78 is 9.94. The fourth-order valence-electron chi connectivity index (χ4n) is 2.68. The average molecular weight is 474 g/mol. The number of hydrogen-bond acceptors (Lipinski definition) is 4. The maximum absolute atomic E-state index is 12.8. The highest BCUT2D eigenvalue weighted by Gasteiger charge is 2.66. The smallest absolute Gasteiger partial charge is 0.356 e. The van der Waals surface area contributed by atoms with Gasteiger partial charge in [-0.3, -0.25) is 4.79 Å². The molecule has 1 aromatic carbocycles. The maximum Gasteiger partial charge on any atom is 0.356 e. The zero-order chi connectivity index (χ0) is 18.4. The standard InChI is InChI=1S/C17H18Br2N2O4/c1-4-25-14(22)13-12(21-15(23)16(2)8-17(16,18)19)10-7-9(24-3)5-6-11(10)20-13/h5-7,20H,4,8H2,1-3H3,(H,21,23)/t16-/m1/s1. The number of methoxy groups -OCH3 is 1. The van der Waals surface area contributed by atoms with Gasteiger partial charge in [0.2, 0.25) is 5.91 Å². The highest BCUT2D eigenvalue weighted by molar-refractivity contribution is 9.25. The molecule has 1 aliphatic rings. The summed E-state index contributed by atoms with van der Waals surface area (Å²) in [6.45, 7) is 3.83. The summed E-state index contributed by atoms with van der Waals surface area (Å²) in [4.78, 5) is 28.1. The van der Waals surface area contributed by atoms with Crippen LogP contribution in [0, 0.1) is 5.41 Å². The monoisotopic (exact) mass is 472 g/mol. The molecule has 0 aliphatic heterocycles. The van der Waals surface area contributed by atoms with Gasteiger partial charge < -0.3 is 19.8 Å². The van der Waals surface area contributed by atoms with E-state index in [0.29, 0.717) is 28.8 Å². The lowest BCUT2D eigenvalue weighted by molar-refractivity contribution is -0.120. The van der Waals surface area contributed by atoms with Crippen molar-refractivity contribution in [3.8, 4) is 5.75 Å². The number of aromatic nitrogens is 1. The molecule has 1 heterocycles. The van der Waals surface area contributed by atoms with E-state index in [1.807, 2.05) is 6.92 Å². The molecule has 1 aliphatic carbocycles. The van der Waals surface area contributed by atoms with Gasteiger partial charge in [0.1, 0.15) is 11.4 Å². The van der Waals surface area contributed by atoms with E-state index in [4.69, 9.17) is 9.47 Å². The minimum absolute atomic E-state index is 0.185. The first-order valence-corrected chi connectivity index (χ1v) is 9.38. The third-order valence-corrected chi connectivity index (χ3v) is 6.79. The molecule has 134 valence electrons. The van der Waals surface area contributed by atoms with Crippen LogP contribution in [0.4, 0.5) is 5.69 Å². The van der Waals surface area contributed by atoms with E-state index in [1.165, 1.54) is 0 Å². The van der Waals surface area contributed by atoms with Gasteiger partial charge in [0.25, 0.3) is 0 Å². The minimum atomic E-state index is -0.610. The van der Waals surface area contributed by atoms with Crippen molar-refractivity contribution in [2.45, 2.75) is 23.5 Å². The Morgan fingerprint density at radius 3 is 2.60 bits per heavy atom. The number of anilines is 1. The van der Waals surface area contributed by atoms with Gasteiger partial charge in [0.15, 0.2) is 0 Å². The number of benzene rings is 1. The summed E-state index contributed by atoms with van der Waals surface area (Å²) in [6.07, 6.45) is 0.645. The van der Waals surface area contributed by atoms with E-state index < -0.39 is 14.6 Å².